The van der Waals surface area contributed by atoms with E-state index in [0.717, 1.165) is 44.9 Å². The maximum absolute atomic E-state index is 11.0. The minimum Gasteiger partial charge on any atom is -0.359 e. The Kier molecular flexibility index (Phi) is 18.3. The summed E-state index contributed by atoms with van der Waals surface area (Å²) in [7, 11) is 1.67. The fourth-order valence-electron chi connectivity index (χ4n) is 1.98. The Morgan fingerprint density at radius 1 is 0.640 bits per heavy atom. The summed E-state index contributed by atoms with van der Waals surface area (Å²) in [6.45, 7) is 2.15. The average Bonchev–Trinajstić information content (AvgIpc) is 2.63. The fourth-order valence-corrected chi connectivity index (χ4v) is 1.98. The first-order valence-electron chi connectivity index (χ1n) is 9.41. The van der Waals surface area contributed by atoms with Crippen LogP contribution in [0.5, 0.6) is 0 Å². The SMILES string of the molecule is CC/C=C\C/C=C\C/C=C\C/C=C\C/C=C\C/C=C\CCC(=O)NC. The van der Waals surface area contributed by atoms with Gasteiger partial charge in [-0.3, -0.25) is 4.79 Å². The van der Waals surface area contributed by atoms with E-state index in [2.05, 4.69) is 85.2 Å². The maximum atomic E-state index is 11.0. The van der Waals surface area contributed by atoms with Gasteiger partial charge in [0.05, 0.1) is 0 Å². The Morgan fingerprint density at radius 3 is 1.36 bits per heavy atom. The molecule has 25 heavy (non-hydrogen) atoms. The Balaban J connectivity index is 3.53. The van der Waals surface area contributed by atoms with Crippen molar-refractivity contribution in [1.82, 2.24) is 5.32 Å². The molecule has 0 rings (SSSR count). The first-order valence-corrected chi connectivity index (χ1v) is 9.41. The van der Waals surface area contributed by atoms with Crippen LogP contribution in [0.25, 0.3) is 0 Å². The molecule has 1 amide bonds. The van der Waals surface area contributed by atoms with E-state index >= 15 is 0 Å². The molecule has 0 fully saturated rings. The van der Waals surface area contributed by atoms with E-state index in [0.29, 0.717) is 6.42 Å². The lowest BCUT2D eigenvalue weighted by atomic mass is 10.2. The molecule has 2 heteroatoms. The van der Waals surface area contributed by atoms with Gasteiger partial charge in [-0.2, -0.15) is 0 Å². The highest BCUT2D eigenvalue weighted by atomic mass is 16.1. The largest absolute Gasteiger partial charge is 0.359 e. The monoisotopic (exact) mass is 341 g/mol. The van der Waals surface area contributed by atoms with Crippen molar-refractivity contribution >= 4 is 5.91 Å². The molecule has 0 saturated carbocycles. The Bertz CT molecular complexity index is 478. The van der Waals surface area contributed by atoms with Crippen LogP contribution in [0.15, 0.2) is 72.9 Å². The Hall–Kier alpha value is -2.09. The molecule has 0 spiro atoms. The number of nitrogens with one attached hydrogen (secondary N) is 1. The van der Waals surface area contributed by atoms with Crippen molar-refractivity contribution < 1.29 is 4.79 Å². The topological polar surface area (TPSA) is 29.1 Å². The molecular weight excluding hydrogens is 306 g/mol. The number of allylic oxidation sites excluding steroid dienone is 12. The summed E-state index contributed by atoms with van der Waals surface area (Å²) in [5.74, 6) is 0.0968. The number of hydrogen-bond donors (Lipinski definition) is 1. The van der Waals surface area contributed by atoms with Crippen LogP contribution in [0.4, 0.5) is 0 Å². The molecule has 0 aliphatic rings. The molecule has 0 unspecified atom stereocenters. The molecule has 0 aliphatic carbocycles. The summed E-state index contributed by atoms with van der Waals surface area (Å²) in [6, 6.07) is 0. The second-order valence-electron chi connectivity index (χ2n) is 5.63. The summed E-state index contributed by atoms with van der Waals surface area (Å²) in [6.07, 6.45) is 33.6. The quantitative estimate of drug-likeness (QED) is 0.374. The highest BCUT2D eigenvalue weighted by molar-refractivity contribution is 5.75. The predicted octanol–water partition coefficient (Wildman–Crippen LogP) is 6.21. The molecule has 2 nitrogen and oxygen atoms in total. The summed E-state index contributed by atoms with van der Waals surface area (Å²) in [4.78, 5) is 11.0. The molecule has 0 saturated heterocycles. The van der Waals surface area contributed by atoms with Crippen LogP contribution in [-0.4, -0.2) is 13.0 Å². The lowest BCUT2D eigenvalue weighted by Gasteiger charge is -1.93. The zero-order chi connectivity index (χ0) is 18.4. The lowest BCUT2D eigenvalue weighted by Crippen LogP contribution is -2.16. The molecule has 0 aromatic rings. The van der Waals surface area contributed by atoms with Gasteiger partial charge in [0, 0.05) is 13.5 Å². The van der Waals surface area contributed by atoms with E-state index in [1.54, 1.807) is 7.05 Å². The standard InChI is InChI=1S/C23H35NO/c1-3-4-5-6-7-8-9-10-11-12-13-14-15-16-17-18-19-20-21-22-23(25)24-2/h4-5,7-8,10-11,13-14,16-17,19-20H,3,6,9,12,15,18,21-22H2,1-2H3,(H,24,25)/b5-4-,8-7-,11-10-,14-13-,17-16-,20-19-. The number of carbonyl (C=O) groups excluding carboxylic acids is 1. The van der Waals surface area contributed by atoms with Gasteiger partial charge in [0.1, 0.15) is 0 Å². The van der Waals surface area contributed by atoms with Crippen molar-refractivity contribution in [2.45, 2.75) is 58.3 Å². The molecule has 0 atom stereocenters. The Morgan fingerprint density at radius 2 is 1.00 bits per heavy atom. The van der Waals surface area contributed by atoms with Crippen LogP contribution >= 0.6 is 0 Å². The maximum Gasteiger partial charge on any atom is 0.220 e. The lowest BCUT2D eigenvalue weighted by molar-refractivity contribution is -0.120. The van der Waals surface area contributed by atoms with Crippen molar-refractivity contribution in [2.24, 2.45) is 0 Å². The second-order valence-corrected chi connectivity index (χ2v) is 5.63. The van der Waals surface area contributed by atoms with Gasteiger partial charge in [-0.25, -0.2) is 0 Å². The highest BCUT2D eigenvalue weighted by Gasteiger charge is 1.92. The normalized spacial score (nSPS) is 12.9. The highest BCUT2D eigenvalue weighted by Crippen LogP contribution is 1.97. The number of amides is 1. The summed E-state index contributed by atoms with van der Waals surface area (Å²) in [5.41, 5.74) is 0. The molecular formula is C23H35NO. The van der Waals surface area contributed by atoms with Crippen LogP contribution in [0.2, 0.25) is 0 Å². The fraction of sp³-hybridized carbons (Fsp3) is 0.435. The zero-order valence-corrected chi connectivity index (χ0v) is 16.0. The van der Waals surface area contributed by atoms with Gasteiger partial charge in [0.25, 0.3) is 0 Å². The van der Waals surface area contributed by atoms with Crippen molar-refractivity contribution in [1.29, 1.82) is 0 Å². The number of hydrogen-bond acceptors (Lipinski definition) is 1. The summed E-state index contributed by atoms with van der Waals surface area (Å²) < 4.78 is 0. The molecule has 0 aliphatic heterocycles. The van der Waals surface area contributed by atoms with E-state index in [4.69, 9.17) is 0 Å². The molecule has 0 bridgehead atoms. The van der Waals surface area contributed by atoms with Crippen LogP contribution < -0.4 is 5.32 Å². The van der Waals surface area contributed by atoms with Gasteiger partial charge in [0.15, 0.2) is 0 Å². The van der Waals surface area contributed by atoms with E-state index in [-0.39, 0.29) is 5.91 Å². The van der Waals surface area contributed by atoms with Crippen molar-refractivity contribution in [3.63, 3.8) is 0 Å². The van der Waals surface area contributed by atoms with Gasteiger partial charge >= 0.3 is 0 Å². The van der Waals surface area contributed by atoms with Gasteiger partial charge in [-0.05, 0) is 44.9 Å². The van der Waals surface area contributed by atoms with Crippen LogP contribution in [0, 0.1) is 0 Å². The van der Waals surface area contributed by atoms with E-state index in [9.17, 15) is 4.79 Å². The molecule has 0 aromatic carbocycles. The van der Waals surface area contributed by atoms with Crippen LogP contribution in [-0.2, 0) is 4.79 Å². The number of rotatable bonds is 14. The van der Waals surface area contributed by atoms with Crippen LogP contribution in [0.1, 0.15) is 58.3 Å². The van der Waals surface area contributed by atoms with Gasteiger partial charge < -0.3 is 5.32 Å². The van der Waals surface area contributed by atoms with Gasteiger partial charge in [0.2, 0.25) is 5.91 Å². The third kappa shape index (κ3) is 19.9. The predicted molar refractivity (Wildman–Crippen MR) is 112 cm³/mol. The van der Waals surface area contributed by atoms with E-state index in [1.165, 1.54) is 0 Å². The zero-order valence-electron chi connectivity index (χ0n) is 16.0. The van der Waals surface area contributed by atoms with E-state index < -0.39 is 0 Å². The number of carbonyl (C=O) groups is 1. The van der Waals surface area contributed by atoms with Gasteiger partial charge in [-0.15, -0.1) is 0 Å². The molecule has 0 heterocycles. The minimum atomic E-state index is 0.0968. The minimum absolute atomic E-state index is 0.0968. The molecule has 0 aromatic heterocycles. The molecule has 138 valence electrons. The van der Waals surface area contributed by atoms with E-state index in [1.807, 2.05) is 0 Å². The average molecular weight is 342 g/mol. The third-order valence-electron chi connectivity index (χ3n) is 3.41. The molecule has 1 N–H and O–H groups in total. The second kappa shape index (κ2) is 20.0. The first kappa shape index (κ1) is 22.9. The summed E-state index contributed by atoms with van der Waals surface area (Å²) >= 11 is 0. The van der Waals surface area contributed by atoms with Crippen LogP contribution in [0.3, 0.4) is 0 Å². The third-order valence-corrected chi connectivity index (χ3v) is 3.41. The summed E-state index contributed by atoms with van der Waals surface area (Å²) in [5, 5.41) is 2.62. The van der Waals surface area contributed by atoms with Crippen molar-refractivity contribution in [3.8, 4) is 0 Å². The molecule has 0 radical (unpaired) electrons. The van der Waals surface area contributed by atoms with Crippen molar-refractivity contribution in [2.75, 3.05) is 7.05 Å². The first-order chi connectivity index (χ1) is 12.3. The smallest absolute Gasteiger partial charge is 0.220 e. The van der Waals surface area contributed by atoms with Crippen molar-refractivity contribution in [3.05, 3.63) is 72.9 Å². The van der Waals surface area contributed by atoms with Gasteiger partial charge in [-0.1, -0.05) is 79.8 Å². The Labute approximate surface area is 154 Å².